The normalized spacial score (nSPS) is 16.0. The van der Waals surface area contributed by atoms with Gasteiger partial charge in [0.1, 0.15) is 6.61 Å². The van der Waals surface area contributed by atoms with E-state index in [0.29, 0.717) is 5.02 Å². The Balaban J connectivity index is 2.13. The molecule has 1 saturated heterocycles. The van der Waals surface area contributed by atoms with Crippen LogP contribution in [0.15, 0.2) is 18.2 Å². The molecule has 1 aliphatic heterocycles. The number of amides is 1. The van der Waals surface area contributed by atoms with Crippen LogP contribution in [0.25, 0.3) is 0 Å². The average molecular weight is 312 g/mol. The van der Waals surface area contributed by atoms with Crippen molar-refractivity contribution in [1.82, 2.24) is 4.90 Å². The molecule has 6 heteroatoms. The Bertz CT molecular complexity index is 488. The van der Waals surface area contributed by atoms with Crippen molar-refractivity contribution in [3.8, 4) is 0 Å². The van der Waals surface area contributed by atoms with Gasteiger partial charge in [-0.3, -0.25) is 4.79 Å². The molecule has 0 radical (unpaired) electrons. The zero-order chi connectivity index (χ0) is 15.2. The molecule has 21 heavy (non-hydrogen) atoms. The van der Waals surface area contributed by atoms with Crippen LogP contribution >= 0.6 is 11.6 Å². The van der Waals surface area contributed by atoms with E-state index in [1.54, 1.807) is 6.07 Å². The summed E-state index contributed by atoms with van der Waals surface area (Å²) >= 11 is 6.05. The SMILES string of the molecule is CCN1CCN(c2ccc(Cl)cc2NC(=O)COC)CC1. The third kappa shape index (κ3) is 4.33. The molecule has 0 spiro atoms. The summed E-state index contributed by atoms with van der Waals surface area (Å²) in [6, 6.07) is 5.61. The highest BCUT2D eigenvalue weighted by Gasteiger charge is 2.19. The Hall–Kier alpha value is -1.30. The van der Waals surface area contributed by atoms with E-state index < -0.39 is 0 Å². The Labute approximate surface area is 130 Å². The van der Waals surface area contributed by atoms with Gasteiger partial charge in [-0.05, 0) is 24.7 Å². The molecular formula is C15H22ClN3O2. The molecule has 1 fully saturated rings. The van der Waals surface area contributed by atoms with Gasteiger partial charge in [0.05, 0.1) is 11.4 Å². The maximum Gasteiger partial charge on any atom is 0.250 e. The molecule has 2 rings (SSSR count). The van der Waals surface area contributed by atoms with Gasteiger partial charge in [0.15, 0.2) is 0 Å². The van der Waals surface area contributed by atoms with E-state index in [-0.39, 0.29) is 12.5 Å². The molecule has 0 aromatic heterocycles. The summed E-state index contributed by atoms with van der Waals surface area (Å²) in [4.78, 5) is 16.4. The van der Waals surface area contributed by atoms with Crippen LogP contribution in [0.3, 0.4) is 0 Å². The second-order valence-corrected chi connectivity index (χ2v) is 5.50. The second kappa shape index (κ2) is 7.64. The van der Waals surface area contributed by atoms with Crippen molar-refractivity contribution in [1.29, 1.82) is 0 Å². The number of hydrogen-bond acceptors (Lipinski definition) is 4. The predicted octanol–water partition coefficient (Wildman–Crippen LogP) is 2.07. The maximum absolute atomic E-state index is 11.8. The summed E-state index contributed by atoms with van der Waals surface area (Å²) in [6.45, 7) is 7.25. The van der Waals surface area contributed by atoms with Crippen LogP contribution in [-0.4, -0.2) is 57.2 Å². The molecule has 1 aromatic rings. The van der Waals surface area contributed by atoms with E-state index in [1.165, 1.54) is 7.11 Å². The first kappa shape index (κ1) is 16.1. The van der Waals surface area contributed by atoms with Gasteiger partial charge in [0.25, 0.3) is 0 Å². The van der Waals surface area contributed by atoms with Crippen molar-refractivity contribution >= 4 is 28.9 Å². The van der Waals surface area contributed by atoms with E-state index >= 15 is 0 Å². The number of methoxy groups -OCH3 is 1. The fourth-order valence-corrected chi connectivity index (χ4v) is 2.68. The summed E-state index contributed by atoms with van der Waals surface area (Å²) < 4.78 is 4.85. The van der Waals surface area contributed by atoms with Crippen molar-refractivity contribution in [3.05, 3.63) is 23.2 Å². The van der Waals surface area contributed by atoms with Crippen molar-refractivity contribution in [2.45, 2.75) is 6.92 Å². The number of rotatable bonds is 5. The molecule has 1 amide bonds. The number of ether oxygens (including phenoxy) is 1. The lowest BCUT2D eigenvalue weighted by atomic mass is 10.2. The van der Waals surface area contributed by atoms with Crippen LogP contribution < -0.4 is 10.2 Å². The highest BCUT2D eigenvalue weighted by Crippen LogP contribution is 2.30. The van der Waals surface area contributed by atoms with Crippen LogP contribution in [0.4, 0.5) is 11.4 Å². The third-order valence-corrected chi connectivity index (χ3v) is 3.90. The molecule has 0 aliphatic carbocycles. The Morgan fingerprint density at radius 3 is 2.67 bits per heavy atom. The van der Waals surface area contributed by atoms with Crippen LogP contribution in [-0.2, 0) is 9.53 Å². The van der Waals surface area contributed by atoms with Crippen LogP contribution in [0.1, 0.15) is 6.92 Å². The van der Waals surface area contributed by atoms with Gasteiger partial charge in [-0.2, -0.15) is 0 Å². The Kier molecular flexibility index (Phi) is 5.85. The smallest absolute Gasteiger partial charge is 0.250 e. The van der Waals surface area contributed by atoms with E-state index in [2.05, 4.69) is 22.0 Å². The first-order valence-corrected chi connectivity index (χ1v) is 7.57. The minimum absolute atomic E-state index is 0.0373. The van der Waals surface area contributed by atoms with E-state index in [4.69, 9.17) is 16.3 Å². The quantitative estimate of drug-likeness (QED) is 0.904. The minimum atomic E-state index is -0.173. The molecule has 1 heterocycles. The second-order valence-electron chi connectivity index (χ2n) is 5.06. The van der Waals surface area contributed by atoms with Gasteiger partial charge < -0.3 is 19.9 Å². The molecular weight excluding hydrogens is 290 g/mol. The zero-order valence-electron chi connectivity index (χ0n) is 12.6. The van der Waals surface area contributed by atoms with Gasteiger partial charge in [0.2, 0.25) is 5.91 Å². The van der Waals surface area contributed by atoms with Gasteiger partial charge in [-0.1, -0.05) is 18.5 Å². The number of nitrogens with one attached hydrogen (secondary N) is 1. The van der Waals surface area contributed by atoms with E-state index in [0.717, 1.165) is 44.1 Å². The first-order valence-electron chi connectivity index (χ1n) is 7.19. The van der Waals surface area contributed by atoms with Crippen molar-refractivity contribution in [3.63, 3.8) is 0 Å². The highest BCUT2D eigenvalue weighted by molar-refractivity contribution is 6.31. The summed E-state index contributed by atoms with van der Waals surface area (Å²) in [5.41, 5.74) is 1.76. The minimum Gasteiger partial charge on any atom is -0.375 e. The van der Waals surface area contributed by atoms with Gasteiger partial charge in [-0.15, -0.1) is 0 Å². The number of piperazine rings is 1. The largest absolute Gasteiger partial charge is 0.375 e. The summed E-state index contributed by atoms with van der Waals surface area (Å²) in [7, 11) is 1.50. The molecule has 5 nitrogen and oxygen atoms in total. The molecule has 1 aromatic carbocycles. The lowest BCUT2D eigenvalue weighted by Gasteiger charge is -2.36. The van der Waals surface area contributed by atoms with Crippen molar-refractivity contribution in [2.24, 2.45) is 0 Å². The zero-order valence-corrected chi connectivity index (χ0v) is 13.3. The third-order valence-electron chi connectivity index (χ3n) is 3.67. The summed E-state index contributed by atoms with van der Waals surface area (Å²) in [5, 5.41) is 3.48. The Morgan fingerprint density at radius 2 is 2.05 bits per heavy atom. The molecule has 0 atom stereocenters. The van der Waals surface area contributed by atoms with Gasteiger partial charge in [-0.25, -0.2) is 0 Å². The summed E-state index contributed by atoms with van der Waals surface area (Å²) in [5.74, 6) is -0.173. The fourth-order valence-electron chi connectivity index (χ4n) is 2.51. The summed E-state index contributed by atoms with van der Waals surface area (Å²) in [6.07, 6.45) is 0. The van der Waals surface area contributed by atoms with Crippen LogP contribution in [0, 0.1) is 0 Å². The highest BCUT2D eigenvalue weighted by atomic mass is 35.5. The average Bonchev–Trinajstić information content (AvgIpc) is 2.48. The molecule has 0 saturated carbocycles. The Morgan fingerprint density at radius 1 is 1.33 bits per heavy atom. The number of hydrogen-bond donors (Lipinski definition) is 1. The molecule has 1 N–H and O–H groups in total. The molecule has 0 unspecified atom stereocenters. The molecule has 116 valence electrons. The topological polar surface area (TPSA) is 44.8 Å². The van der Waals surface area contributed by atoms with Crippen molar-refractivity contribution in [2.75, 3.05) is 56.7 Å². The predicted molar refractivity (Wildman–Crippen MR) is 86.3 cm³/mol. The van der Waals surface area contributed by atoms with Crippen LogP contribution in [0.5, 0.6) is 0 Å². The number of benzene rings is 1. The van der Waals surface area contributed by atoms with E-state index in [1.807, 2.05) is 12.1 Å². The maximum atomic E-state index is 11.8. The van der Waals surface area contributed by atoms with Gasteiger partial charge in [0, 0.05) is 38.3 Å². The van der Waals surface area contributed by atoms with Gasteiger partial charge >= 0.3 is 0 Å². The van der Waals surface area contributed by atoms with Crippen LogP contribution in [0.2, 0.25) is 5.02 Å². The fraction of sp³-hybridized carbons (Fsp3) is 0.533. The monoisotopic (exact) mass is 311 g/mol. The number of carbonyl (C=O) groups is 1. The standard InChI is InChI=1S/C15H22ClN3O2/c1-3-18-6-8-19(9-7-18)14-5-4-12(16)10-13(14)17-15(20)11-21-2/h4-5,10H,3,6-9,11H2,1-2H3,(H,17,20). The van der Waals surface area contributed by atoms with E-state index in [9.17, 15) is 4.79 Å². The lowest BCUT2D eigenvalue weighted by molar-refractivity contribution is -0.119. The number of carbonyl (C=O) groups excluding carboxylic acids is 1. The molecule has 1 aliphatic rings. The number of nitrogens with zero attached hydrogens (tertiary/aromatic N) is 2. The molecule has 0 bridgehead atoms. The van der Waals surface area contributed by atoms with Crippen molar-refractivity contribution < 1.29 is 9.53 Å². The lowest BCUT2D eigenvalue weighted by Crippen LogP contribution is -2.46. The number of likely N-dealkylation sites (N-methyl/N-ethyl adjacent to an activating group) is 1. The number of anilines is 2. The number of halogens is 1. The first-order chi connectivity index (χ1) is 10.1.